The third kappa shape index (κ3) is 4.83. The molecule has 0 aliphatic heterocycles. The number of benzene rings is 2. The quantitative estimate of drug-likeness (QED) is 0.367. The molecule has 0 aliphatic rings. The lowest BCUT2D eigenvalue weighted by atomic mass is 10.2. The lowest BCUT2D eigenvalue weighted by Gasteiger charge is -2.09. The molecule has 138 valence electrons. The van der Waals surface area contributed by atoms with Crippen LogP contribution in [0.5, 0.6) is 0 Å². The first kappa shape index (κ1) is 18.9. The number of nitro groups is 1. The van der Waals surface area contributed by atoms with E-state index in [4.69, 9.17) is 16.0 Å². The normalized spacial score (nSPS) is 11.8. The summed E-state index contributed by atoms with van der Waals surface area (Å²) >= 11 is 6.98. The predicted molar refractivity (Wildman–Crippen MR) is 102 cm³/mol. The number of carbonyl (C=O) groups excluding carboxylic acids is 1. The highest BCUT2D eigenvalue weighted by atomic mass is 35.5. The van der Waals surface area contributed by atoms with Crippen LogP contribution < -0.4 is 5.32 Å². The zero-order chi connectivity index (χ0) is 19.4. The van der Waals surface area contributed by atoms with Crippen molar-refractivity contribution in [3.8, 4) is 11.5 Å². The molecule has 1 atom stereocenters. The molecule has 0 fully saturated rings. The van der Waals surface area contributed by atoms with Crippen LogP contribution in [-0.2, 0) is 4.79 Å². The number of rotatable bonds is 6. The number of aromatic nitrogens is 2. The lowest BCUT2D eigenvalue weighted by Crippen LogP contribution is -2.22. The number of amides is 1. The van der Waals surface area contributed by atoms with Gasteiger partial charge in [0.25, 0.3) is 10.9 Å². The fraction of sp³-hybridized carbons (Fsp3) is 0.118. The van der Waals surface area contributed by atoms with E-state index in [2.05, 4.69) is 15.5 Å². The molecule has 0 aliphatic carbocycles. The number of hydrogen-bond acceptors (Lipinski definition) is 7. The van der Waals surface area contributed by atoms with Crippen molar-refractivity contribution < 1.29 is 14.1 Å². The number of nitro benzene ring substituents is 1. The van der Waals surface area contributed by atoms with Gasteiger partial charge in [0.15, 0.2) is 0 Å². The van der Waals surface area contributed by atoms with Crippen molar-refractivity contribution in [3.05, 3.63) is 63.7 Å². The zero-order valence-corrected chi connectivity index (χ0v) is 15.5. The Balaban J connectivity index is 1.67. The van der Waals surface area contributed by atoms with Crippen LogP contribution in [0.2, 0.25) is 5.02 Å². The number of carbonyl (C=O) groups is 1. The van der Waals surface area contributed by atoms with Gasteiger partial charge in [-0.05, 0) is 31.2 Å². The predicted octanol–water partition coefficient (Wildman–Crippen LogP) is 4.42. The van der Waals surface area contributed by atoms with E-state index < -0.39 is 10.2 Å². The van der Waals surface area contributed by atoms with E-state index in [9.17, 15) is 14.9 Å². The molecule has 0 bridgehead atoms. The van der Waals surface area contributed by atoms with Gasteiger partial charge in [-0.25, -0.2) is 0 Å². The first-order valence-electron chi connectivity index (χ1n) is 7.74. The summed E-state index contributed by atoms with van der Waals surface area (Å²) in [6.07, 6.45) is 0. The first-order chi connectivity index (χ1) is 12.9. The Labute approximate surface area is 163 Å². The molecule has 0 radical (unpaired) electrons. The van der Waals surface area contributed by atoms with Gasteiger partial charge in [0.2, 0.25) is 11.8 Å². The highest BCUT2D eigenvalue weighted by Crippen LogP contribution is 2.28. The Morgan fingerprint density at radius 1 is 1.26 bits per heavy atom. The van der Waals surface area contributed by atoms with Gasteiger partial charge in [0.1, 0.15) is 0 Å². The molecule has 0 spiro atoms. The number of anilines is 1. The molecular formula is C17H13ClN4O4S. The summed E-state index contributed by atoms with van der Waals surface area (Å²) in [6, 6.07) is 12.7. The molecule has 0 saturated carbocycles. The molecule has 1 amide bonds. The molecule has 3 rings (SSSR count). The minimum Gasteiger partial charge on any atom is -0.411 e. The summed E-state index contributed by atoms with van der Waals surface area (Å²) in [6.45, 7) is 1.70. The molecule has 8 nitrogen and oxygen atoms in total. The minimum absolute atomic E-state index is 0.0748. The van der Waals surface area contributed by atoms with E-state index in [1.807, 2.05) is 0 Å². The second-order valence-electron chi connectivity index (χ2n) is 5.44. The molecule has 27 heavy (non-hydrogen) atoms. The number of nitrogens with one attached hydrogen (secondary N) is 1. The van der Waals surface area contributed by atoms with Crippen LogP contribution in [-0.4, -0.2) is 26.3 Å². The van der Waals surface area contributed by atoms with Crippen LogP contribution in [0.15, 0.2) is 58.2 Å². The second kappa shape index (κ2) is 8.19. The van der Waals surface area contributed by atoms with E-state index in [1.165, 1.54) is 18.2 Å². The third-order valence-corrected chi connectivity index (χ3v) is 4.62. The summed E-state index contributed by atoms with van der Waals surface area (Å²) in [4.78, 5) is 22.6. The highest BCUT2D eigenvalue weighted by Gasteiger charge is 2.19. The maximum Gasteiger partial charge on any atom is 0.277 e. The van der Waals surface area contributed by atoms with Gasteiger partial charge in [-0.3, -0.25) is 14.9 Å². The monoisotopic (exact) mass is 404 g/mol. The van der Waals surface area contributed by atoms with Crippen molar-refractivity contribution in [2.24, 2.45) is 0 Å². The average Bonchev–Trinajstić information content (AvgIpc) is 3.10. The summed E-state index contributed by atoms with van der Waals surface area (Å²) in [5.41, 5.74) is 0.941. The van der Waals surface area contributed by atoms with E-state index in [0.717, 1.165) is 11.8 Å². The molecule has 2 aromatic carbocycles. The Morgan fingerprint density at radius 2 is 2.04 bits per heavy atom. The molecule has 1 aromatic heterocycles. The Bertz CT molecular complexity index is 994. The Kier molecular flexibility index (Phi) is 5.72. The van der Waals surface area contributed by atoms with E-state index >= 15 is 0 Å². The number of hydrogen-bond donors (Lipinski definition) is 1. The summed E-state index contributed by atoms with van der Waals surface area (Å²) in [5, 5.41) is 21.6. The van der Waals surface area contributed by atoms with Crippen LogP contribution in [0.1, 0.15) is 6.92 Å². The minimum atomic E-state index is -0.512. The summed E-state index contributed by atoms with van der Waals surface area (Å²) in [7, 11) is 0. The lowest BCUT2D eigenvalue weighted by molar-refractivity contribution is -0.384. The van der Waals surface area contributed by atoms with Crippen LogP contribution in [0.4, 0.5) is 11.4 Å². The Morgan fingerprint density at radius 3 is 2.78 bits per heavy atom. The summed E-state index contributed by atoms with van der Waals surface area (Å²) < 4.78 is 5.51. The van der Waals surface area contributed by atoms with Crippen molar-refractivity contribution in [2.75, 3.05) is 5.32 Å². The smallest absolute Gasteiger partial charge is 0.277 e. The Hall–Kier alpha value is -2.91. The van der Waals surface area contributed by atoms with Gasteiger partial charge in [-0.15, -0.1) is 10.2 Å². The first-order valence-corrected chi connectivity index (χ1v) is 8.99. The molecule has 10 heteroatoms. The highest BCUT2D eigenvalue weighted by molar-refractivity contribution is 8.00. The summed E-state index contributed by atoms with van der Waals surface area (Å²) in [5.74, 6) is -0.110. The van der Waals surface area contributed by atoms with E-state index in [1.54, 1.807) is 37.3 Å². The molecule has 0 saturated heterocycles. The van der Waals surface area contributed by atoms with Gasteiger partial charge < -0.3 is 9.73 Å². The number of thioether (sulfide) groups is 1. The molecule has 1 N–H and O–H groups in total. The van der Waals surface area contributed by atoms with Crippen molar-refractivity contribution in [3.63, 3.8) is 0 Å². The topological polar surface area (TPSA) is 111 Å². The maximum atomic E-state index is 12.3. The van der Waals surface area contributed by atoms with Gasteiger partial charge in [-0.1, -0.05) is 35.5 Å². The SMILES string of the molecule is C[C@@H](Sc1nnc(-c2cccc([N+](=O)[O-])c2)o1)C(=O)Nc1cccc(Cl)c1. The number of non-ortho nitro benzene ring substituents is 1. The molecular weight excluding hydrogens is 392 g/mol. The van der Waals surface area contributed by atoms with Gasteiger partial charge in [-0.2, -0.15) is 0 Å². The van der Waals surface area contributed by atoms with Crippen molar-refractivity contribution >= 4 is 40.6 Å². The third-order valence-electron chi connectivity index (χ3n) is 3.45. The standard InChI is InChI=1S/C17H13ClN4O4S/c1-10(15(23)19-13-6-3-5-12(18)9-13)27-17-21-20-16(26-17)11-4-2-7-14(8-11)22(24)25/h2-10H,1H3,(H,19,23)/t10-/m1/s1. The zero-order valence-electron chi connectivity index (χ0n) is 14.0. The van der Waals surface area contributed by atoms with Gasteiger partial charge >= 0.3 is 0 Å². The molecule has 3 aromatic rings. The van der Waals surface area contributed by atoms with Crippen LogP contribution in [0.3, 0.4) is 0 Å². The molecule has 0 unspecified atom stereocenters. The largest absolute Gasteiger partial charge is 0.411 e. The fourth-order valence-corrected chi connectivity index (χ4v) is 3.02. The second-order valence-corrected chi connectivity index (χ2v) is 7.17. The van der Waals surface area contributed by atoms with Crippen molar-refractivity contribution in [2.45, 2.75) is 17.4 Å². The van der Waals surface area contributed by atoms with Crippen molar-refractivity contribution in [1.82, 2.24) is 10.2 Å². The average molecular weight is 405 g/mol. The van der Waals surface area contributed by atoms with Crippen LogP contribution in [0.25, 0.3) is 11.5 Å². The number of halogens is 1. The fourth-order valence-electron chi connectivity index (χ4n) is 2.14. The van der Waals surface area contributed by atoms with E-state index in [-0.39, 0.29) is 22.7 Å². The molecule has 1 heterocycles. The van der Waals surface area contributed by atoms with Crippen molar-refractivity contribution in [1.29, 1.82) is 0 Å². The number of nitrogens with zero attached hydrogens (tertiary/aromatic N) is 3. The van der Waals surface area contributed by atoms with Gasteiger partial charge in [0.05, 0.1) is 10.2 Å². The van der Waals surface area contributed by atoms with Crippen LogP contribution in [0, 0.1) is 10.1 Å². The van der Waals surface area contributed by atoms with Gasteiger partial charge in [0, 0.05) is 28.4 Å². The van der Waals surface area contributed by atoms with Crippen LogP contribution >= 0.6 is 23.4 Å². The van der Waals surface area contributed by atoms with E-state index in [0.29, 0.717) is 16.3 Å². The maximum absolute atomic E-state index is 12.3.